The Morgan fingerprint density at radius 3 is 2.11 bits per heavy atom. The molecule has 0 bridgehead atoms. The summed E-state index contributed by atoms with van der Waals surface area (Å²) < 4.78 is 8.60. The Morgan fingerprint density at radius 2 is 1.46 bits per heavy atom. The van der Waals surface area contributed by atoms with Crippen molar-refractivity contribution in [1.29, 1.82) is 0 Å². The van der Waals surface area contributed by atoms with Crippen molar-refractivity contribution >= 4 is 33.5 Å². The number of hydrogen-bond acceptors (Lipinski definition) is 7. The second kappa shape index (κ2) is 12.2. The molecule has 2 heterocycles. The SMILES string of the molecule is C1=C([N+]2=NC(c3ccccc3)=NN(c3ccccc3)C2)CCCC1.c1ccc(C2NSSN2)cc1. The summed E-state index contributed by atoms with van der Waals surface area (Å²) in [7, 11) is 3.27. The fourth-order valence-corrected chi connectivity index (χ4v) is 5.66. The largest absolute Gasteiger partial charge is 0.269 e. The highest BCUT2D eigenvalue weighted by molar-refractivity contribution is 8.75. The summed E-state index contributed by atoms with van der Waals surface area (Å²) in [6.45, 7) is 0.659. The van der Waals surface area contributed by atoms with Gasteiger partial charge in [-0.05, 0) is 43.0 Å². The molecular weight excluding hydrogens is 472 g/mol. The number of anilines is 1. The summed E-state index contributed by atoms with van der Waals surface area (Å²) in [4.78, 5) is 0. The van der Waals surface area contributed by atoms with E-state index in [1.54, 1.807) is 22.0 Å². The van der Waals surface area contributed by atoms with E-state index in [1.807, 2.05) is 59.6 Å². The second-order valence-corrected chi connectivity index (χ2v) is 10.2. The Hall–Kier alpha value is -2.91. The number of rotatable bonds is 4. The average molecular weight is 502 g/mol. The predicted octanol–water partition coefficient (Wildman–Crippen LogP) is 6.84. The number of hydrazone groups is 1. The standard InChI is InChI=1S/C20H21N4.C7H8N2S2/c1-4-10-17(11-5-1)20-21-23(18-12-6-2-7-13-18)16-24(22-20)19-14-8-3-9-15-19;1-2-4-6(5-3-1)7-8-10-11-9-7/h1-2,4-7,10-14H,3,8-9,15-16H2;1-5,7-9H/q+1;. The molecule has 2 N–H and O–H groups in total. The number of amidine groups is 1. The van der Waals surface area contributed by atoms with Crippen LogP contribution in [0, 0.1) is 0 Å². The number of nitrogens with zero attached hydrogens (tertiary/aromatic N) is 4. The molecule has 6 nitrogen and oxygen atoms in total. The molecule has 0 amide bonds. The minimum Gasteiger partial charge on any atom is -0.232 e. The fourth-order valence-electron chi connectivity index (χ4n) is 4.04. The van der Waals surface area contributed by atoms with Crippen molar-refractivity contribution in [2.45, 2.75) is 31.8 Å². The molecular formula is C27H29N6S2+. The molecule has 0 aromatic heterocycles. The van der Waals surface area contributed by atoms with Gasteiger partial charge in [0, 0.05) is 39.1 Å². The molecule has 2 aliphatic heterocycles. The van der Waals surface area contributed by atoms with Crippen molar-refractivity contribution in [1.82, 2.24) is 9.44 Å². The van der Waals surface area contributed by atoms with E-state index in [2.05, 4.69) is 56.6 Å². The first-order valence-corrected chi connectivity index (χ1v) is 14.1. The fraction of sp³-hybridized carbons (Fsp3) is 0.222. The van der Waals surface area contributed by atoms with Gasteiger partial charge < -0.3 is 0 Å². The van der Waals surface area contributed by atoms with E-state index in [0.717, 1.165) is 29.9 Å². The zero-order chi connectivity index (χ0) is 23.7. The molecule has 3 aromatic rings. The van der Waals surface area contributed by atoms with Crippen LogP contribution in [0.3, 0.4) is 0 Å². The highest BCUT2D eigenvalue weighted by Gasteiger charge is 2.27. The predicted molar refractivity (Wildman–Crippen MR) is 147 cm³/mol. The molecule has 8 heteroatoms. The van der Waals surface area contributed by atoms with Gasteiger partial charge in [0.05, 0.1) is 5.69 Å². The minimum atomic E-state index is 0.297. The Labute approximate surface area is 214 Å². The van der Waals surface area contributed by atoms with Gasteiger partial charge in [0.25, 0.3) is 6.67 Å². The topological polar surface area (TPSA) is 55.0 Å². The van der Waals surface area contributed by atoms with E-state index in [1.165, 1.54) is 24.1 Å². The molecule has 178 valence electrons. The van der Waals surface area contributed by atoms with Gasteiger partial charge in [0.2, 0.25) is 11.5 Å². The zero-order valence-corrected chi connectivity index (χ0v) is 21.1. The van der Waals surface area contributed by atoms with E-state index in [4.69, 9.17) is 10.2 Å². The molecule has 0 radical (unpaired) electrons. The average Bonchev–Trinajstić information content (AvgIpc) is 3.51. The molecule has 3 aliphatic rings. The minimum absolute atomic E-state index is 0.297. The van der Waals surface area contributed by atoms with Crippen LogP contribution in [0.2, 0.25) is 0 Å². The van der Waals surface area contributed by atoms with E-state index in [0.29, 0.717) is 12.8 Å². The number of azo groups is 2. The lowest BCUT2D eigenvalue weighted by atomic mass is 10.0. The number of nitrogens with one attached hydrogen (secondary N) is 2. The van der Waals surface area contributed by atoms with E-state index >= 15 is 0 Å². The Morgan fingerprint density at radius 1 is 0.800 bits per heavy atom. The first-order chi connectivity index (χ1) is 17.4. The summed E-state index contributed by atoms with van der Waals surface area (Å²) in [5, 5.41) is 11.6. The van der Waals surface area contributed by atoms with Gasteiger partial charge in [-0.3, -0.25) is 0 Å². The lowest BCUT2D eigenvalue weighted by Crippen LogP contribution is -2.33. The molecule has 0 spiro atoms. The van der Waals surface area contributed by atoms with Gasteiger partial charge in [-0.1, -0.05) is 83.6 Å². The van der Waals surface area contributed by atoms with Gasteiger partial charge >= 0.3 is 0 Å². The van der Waals surface area contributed by atoms with Crippen molar-refractivity contribution in [2.75, 3.05) is 11.7 Å². The quantitative estimate of drug-likeness (QED) is 0.233. The van der Waals surface area contributed by atoms with Crippen molar-refractivity contribution in [3.8, 4) is 0 Å². The zero-order valence-electron chi connectivity index (χ0n) is 19.5. The molecule has 0 saturated carbocycles. The molecule has 6 rings (SSSR count). The first-order valence-electron chi connectivity index (χ1n) is 11.9. The van der Waals surface area contributed by atoms with E-state index in [9.17, 15) is 0 Å². The van der Waals surface area contributed by atoms with Crippen LogP contribution in [0.4, 0.5) is 5.69 Å². The van der Waals surface area contributed by atoms with Crippen molar-refractivity contribution < 1.29 is 4.70 Å². The molecule has 0 atom stereocenters. The second-order valence-electron chi connectivity index (χ2n) is 8.35. The summed E-state index contributed by atoms with van der Waals surface area (Å²) in [5.74, 6) is 0.761. The normalized spacial score (nSPS) is 18.2. The van der Waals surface area contributed by atoms with Crippen LogP contribution in [0.15, 0.2) is 113 Å². The summed E-state index contributed by atoms with van der Waals surface area (Å²) >= 11 is 0. The van der Waals surface area contributed by atoms with Crippen LogP contribution < -0.4 is 14.5 Å². The maximum Gasteiger partial charge on any atom is 0.269 e. The molecule has 35 heavy (non-hydrogen) atoms. The lowest BCUT2D eigenvalue weighted by Gasteiger charge is -2.21. The first kappa shape index (κ1) is 23.8. The number of hydrogen-bond donors (Lipinski definition) is 2. The van der Waals surface area contributed by atoms with Gasteiger partial charge in [0.1, 0.15) is 6.17 Å². The highest BCUT2D eigenvalue weighted by atomic mass is 33.1. The van der Waals surface area contributed by atoms with Gasteiger partial charge in [-0.2, -0.15) is 0 Å². The lowest BCUT2D eigenvalue weighted by molar-refractivity contribution is -0.545. The Kier molecular flexibility index (Phi) is 8.28. The maximum atomic E-state index is 4.82. The van der Waals surface area contributed by atoms with E-state index < -0.39 is 0 Å². The third kappa shape index (κ3) is 6.41. The summed E-state index contributed by atoms with van der Waals surface area (Å²) in [6, 6.07) is 30.8. The number of benzene rings is 3. The van der Waals surface area contributed by atoms with Crippen LogP contribution in [0.25, 0.3) is 0 Å². The third-order valence-corrected chi connectivity index (χ3v) is 7.46. The molecule has 1 fully saturated rings. The maximum absolute atomic E-state index is 4.82. The van der Waals surface area contributed by atoms with Crippen molar-refractivity contribution in [3.05, 3.63) is 114 Å². The van der Waals surface area contributed by atoms with Crippen LogP contribution in [-0.4, -0.2) is 17.2 Å². The van der Waals surface area contributed by atoms with Crippen LogP contribution in [0.1, 0.15) is 43.0 Å². The Bertz CT molecular complexity index is 1180. The molecule has 1 aliphatic carbocycles. The van der Waals surface area contributed by atoms with Gasteiger partial charge in [-0.25, -0.2) is 14.5 Å². The van der Waals surface area contributed by atoms with Gasteiger partial charge in [-0.15, -0.1) is 5.10 Å². The smallest absolute Gasteiger partial charge is 0.232 e. The summed E-state index contributed by atoms with van der Waals surface area (Å²) in [6.07, 6.45) is 7.37. The molecule has 0 unspecified atom stereocenters. The number of para-hydroxylation sites is 1. The van der Waals surface area contributed by atoms with Crippen molar-refractivity contribution in [3.63, 3.8) is 0 Å². The highest BCUT2D eigenvalue weighted by Crippen LogP contribution is 2.29. The van der Waals surface area contributed by atoms with Gasteiger partial charge in [0.15, 0.2) is 0 Å². The summed E-state index contributed by atoms with van der Waals surface area (Å²) in [5.41, 5.74) is 4.72. The monoisotopic (exact) mass is 501 g/mol. The van der Waals surface area contributed by atoms with Crippen LogP contribution >= 0.6 is 22.0 Å². The Balaban J connectivity index is 0.000000192. The van der Waals surface area contributed by atoms with Crippen LogP contribution in [0.5, 0.6) is 0 Å². The van der Waals surface area contributed by atoms with Crippen LogP contribution in [-0.2, 0) is 0 Å². The van der Waals surface area contributed by atoms with Crippen molar-refractivity contribution in [2.24, 2.45) is 10.2 Å². The molecule has 1 saturated heterocycles. The third-order valence-electron chi connectivity index (χ3n) is 5.89. The number of allylic oxidation sites excluding steroid dienone is 2. The molecule has 3 aromatic carbocycles. The van der Waals surface area contributed by atoms with E-state index in [-0.39, 0.29) is 0 Å².